The Morgan fingerprint density at radius 2 is 1.33 bits per heavy atom. The van der Waals surface area contributed by atoms with Crippen LogP contribution in [0.25, 0.3) is 0 Å². The van der Waals surface area contributed by atoms with Crippen LogP contribution in [0.4, 0.5) is 0 Å². The summed E-state index contributed by atoms with van der Waals surface area (Å²) in [6.07, 6.45) is 0.935. The maximum atomic E-state index is 10.5. The van der Waals surface area contributed by atoms with E-state index in [1.54, 1.807) is 13.8 Å². The predicted molar refractivity (Wildman–Crippen MR) is 59.5 cm³/mol. The molecule has 0 saturated carbocycles. The van der Waals surface area contributed by atoms with Crippen LogP contribution < -0.4 is 0 Å². The summed E-state index contributed by atoms with van der Waals surface area (Å²) < 4.78 is 0. The van der Waals surface area contributed by atoms with Gasteiger partial charge in [0.05, 0.1) is 11.5 Å². The minimum absolute atomic E-state index is 0.319. The first-order chi connectivity index (χ1) is 7.02. The Bertz CT molecular complexity index is 203. The van der Waals surface area contributed by atoms with Gasteiger partial charge in [0.1, 0.15) is 0 Å². The molecule has 0 aromatic carbocycles. The molecule has 0 aliphatic carbocycles. The molecular weight excluding hydrogens is 220 g/mol. The molecule has 0 aliphatic heterocycles. The lowest BCUT2D eigenvalue weighted by molar-refractivity contribution is -0.518. The molecule has 2 unspecified atom stereocenters. The predicted octanol–water partition coefficient (Wildman–Crippen LogP) is 1.83. The molecular formula is C8H16N2O4S. The zero-order valence-corrected chi connectivity index (χ0v) is 9.74. The molecule has 0 amide bonds. The van der Waals surface area contributed by atoms with Gasteiger partial charge in [-0.05, 0) is 0 Å². The first-order valence-electron chi connectivity index (χ1n) is 4.87. The maximum absolute atomic E-state index is 10.5. The lowest BCUT2D eigenvalue weighted by atomic mass is 10.3. The van der Waals surface area contributed by atoms with Gasteiger partial charge in [-0.15, -0.1) is 11.8 Å². The monoisotopic (exact) mass is 236 g/mol. The number of hydrogen-bond acceptors (Lipinski definition) is 5. The molecule has 6 nitrogen and oxygen atoms in total. The molecule has 0 bridgehead atoms. The quantitative estimate of drug-likeness (QED) is 0.474. The van der Waals surface area contributed by atoms with Crippen molar-refractivity contribution in [3.63, 3.8) is 0 Å². The summed E-state index contributed by atoms with van der Waals surface area (Å²) in [6.45, 7) is 3.50. The van der Waals surface area contributed by atoms with Crippen LogP contribution in [-0.2, 0) is 0 Å². The standard InChI is InChI=1S/C8H16N2O4S/c1-3-7(9(11)12)5-15-6-8(4-2)10(13)14/h7-8H,3-6H2,1-2H3. The lowest BCUT2D eigenvalue weighted by Gasteiger charge is -2.08. The smallest absolute Gasteiger partial charge is 0.221 e. The molecule has 0 fully saturated rings. The summed E-state index contributed by atoms with van der Waals surface area (Å²) in [5.74, 6) is 0.710. The van der Waals surface area contributed by atoms with E-state index in [1.165, 1.54) is 11.8 Å². The van der Waals surface area contributed by atoms with Gasteiger partial charge in [0, 0.05) is 22.7 Å². The highest BCUT2D eigenvalue weighted by atomic mass is 32.2. The maximum Gasteiger partial charge on any atom is 0.221 e. The van der Waals surface area contributed by atoms with Gasteiger partial charge in [0.15, 0.2) is 0 Å². The Labute approximate surface area is 92.7 Å². The molecule has 88 valence electrons. The van der Waals surface area contributed by atoms with Crippen molar-refractivity contribution in [3.8, 4) is 0 Å². The van der Waals surface area contributed by atoms with Crippen LogP contribution in [0.5, 0.6) is 0 Å². The van der Waals surface area contributed by atoms with Crippen LogP contribution in [0, 0.1) is 20.2 Å². The van der Waals surface area contributed by atoms with Crippen molar-refractivity contribution in [2.45, 2.75) is 38.8 Å². The van der Waals surface area contributed by atoms with Gasteiger partial charge >= 0.3 is 0 Å². The molecule has 0 aliphatic rings. The van der Waals surface area contributed by atoms with E-state index in [9.17, 15) is 20.2 Å². The fourth-order valence-corrected chi connectivity index (χ4v) is 2.39. The van der Waals surface area contributed by atoms with E-state index >= 15 is 0 Å². The van der Waals surface area contributed by atoms with E-state index < -0.39 is 12.1 Å². The zero-order valence-electron chi connectivity index (χ0n) is 8.92. The molecule has 2 atom stereocenters. The normalized spacial score (nSPS) is 14.5. The van der Waals surface area contributed by atoms with Gasteiger partial charge in [-0.25, -0.2) is 0 Å². The number of nitrogens with zero attached hydrogens (tertiary/aromatic N) is 2. The van der Waals surface area contributed by atoms with Crippen LogP contribution in [-0.4, -0.2) is 33.4 Å². The average Bonchev–Trinajstić information content (AvgIpc) is 2.17. The van der Waals surface area contributed by atoms with Gasteiger partial charge in [0.25, 0.3) is 0 Å². The summed E-state index contributed by atoms with van der Waals surface area (Å²) >= 11 is 1.29. The third-order valence-electron chi connectivity index (χ3n) is 2.16. The number of thioether (sulfide) groups is 1. The van der Waals surface area contributed by atoms with Crippen molar-refractivity contribution in [2.75, 3.05) is 11.5 Å². The van der Waals surface area contributed by atoms with E-state index in [0.717, 1.165) is 0 Å². The van der Waals surface area contributed by atoms with Crippen molar-refractivity contribution in [1.82, 2.24) is 0 Å². The number of rotatable bonds is 8. The fourth-order valence-electron chi connectivity index (χ4n) is 0.996. The van der Waals surface area contributed by atoms with Gasteiger partial charge in [-0.3, -0.25) is 20.2 Å². The molecule has 0 heterocycles. The topological polar surface area (TPSA) is 86.3 Å². The molecule has 0 spiro atoms. The first kappa shape index (κ1) is 14.2. The fraction of sp³-hybridized carbons (Fsp3) is 1.00. The summed E-state index contributed by atoms with van der Waals surface area (Å²) in [4.78, 5) is 20.3. The van der Waals surface area contributed by atoms with Crippen LogP contribution in [0.15, 0.2) is 0 Å². The molecule has 7 heteroatoms. The highest BCUT2D eigenvalue weighted by Gasteiger charge is 2.21. The second-order valence-electron chi connectivity index (χ2n) is 3.23. The SMILES string of the molecule is CCC(CSCC(CC)[N+](=O)[O-])[N+](=O)[O-]. The molecule has 0 aromatic rings. The third-order valence-corrected chi connectivity index (χ3v) is 3.40. The summed E-state index contributed by atoms with van der Waals surface area (Å²) in [7, 11) is 0. The molecule has 0 radical (unpaired) electrons. The lowest BCUT2D eigenvalue weighted by Crippen LogP contribution is -2.25. The van der Waals surface area contributed by atoms with Crippen molar-refractivity contribution >= 4 is 11.8 Å². The van der Waals surface area contributed by atoms with Crippen LogP contribution >= 0.6 is 11.8 Å². The Hall–Kier alpha value is -0.850. The van der Waals surface area contributed by atoms with E-state index in [1.807, 2.05) is 0 Å². The van der Waals surface area contributed by atoms with Gasteiger partial charge < -0.3 is 0 Å². The Morgan fingerprint density at radius 3 is 1.53 bits per heavy atom. The number of hydrogen-bond donors (Lipinski definition) is 0. The van der Waals surface area contributed by atoms with Crippen LogP contribution in [0.1, 0.15) is 26.7 Å². The molecule has 0 N–H and O–H groups in total. The Morgan fingerprint density at radius 1 is 1.00 bits per heavy atom. The Kier molecular flexibility index (Phi) is 7.02. The highest BCUT2D eigenvalue weighted by molar-refractivity contribution is 7.99. The van der Waals surface area contributed by atoms with E-state index in [0.29, 0.717) is 24.3 Å². The molecule has 0 aromatic heterocycles. The van der Waals surface area contributed by atoms with Crippen LogP contribution in [0.3, 0.4) is 0 Å². The summed E-state index contributed by atoms with van der Waals surface area (Å²) in [5, 5.41) is 20.9. The van der Waals surface area contributed by atoms with Crippen molar-refractivity contribution in [1.29, 1.82) is 0 Å². The summed E-state index contributed by atoms with van der Waals surface area (Å²) in [5.41, 5.74) is 0. The van der Waals surface area contributed by atoms with E-state index in [4.69, 9.17) is 0 Å². The first-order valence-corrected chi connectivity index (χ1v) is 6.03. The highest BCUT2D eigenvalue weighted by Crippen LogP contribution is 2.12. The van der Waals surface area contributed by atoms with Crippen molar-refractivity contribution in [2.24, 2.45) is 0 Å². The van der Waals surface area contributed by atoms with Crippen molar-refractivity contribution in [3.05, 3.63) is 20.2 Å². The second-order valence-corrected chi connectivity index (χ2v) is 4.31. The van der Waals surface area contributed by atoms with E-state index in [-0.39, 0.29) is 9.85 Å². The number of nitro groups is 2. The molecule has 0 rings (SSSR count). The van der Waals surface area contributed by atoms with Gasteiger partial charge in [0.2, 0.25) is 12.1 Å². The molecule has 15 heavy (non-hydrogen) atoms. The van der Waals surface area contributed by atoms with E-state index in [2.05, 4.69) is 0 Å². The molecule has 0 saturated heterocycles. The average molecular weight is 236 g/mol. The van der Waals surface area contributed by atoms with Gasteiger partial charge in [-0.2, -0.15) is 0 Å². The minimum atomic E-state index is -0.584. The third kappa shape index (κ3) is 5.56. The second kappa shape index (κ2) is 7.44. The zero-order chi connectivity index (χ0) is 11.8. The van der Waals surface area contributed by atoms with Gasteiger partial charge in [-0.1, -0.05) is 13.8 Å². The Balaban J connectivity index is 3.85. The van der Waals surface area contributed by atoms with Crippen molar-refractivity contribution < 1.29 is 9.85 Å². The van der Waals surface area contributed by atoms with Crippen LogP contribution in [0.2, 0.25) is 0 Å². The largest absolute Gasteiger partial charge is 0.264 e. The minimum Gasteiger partial charge on any atom is -0.264 e. The summed E-state index contributed by atoms with van der Waals surface area (Å²) in [6, 6.07) is -1.17.